The molecule has 0 amide bonds. The van der Waals surface area contributed by atoms with Gasteiger partial charge in [-0.1, -0.05) is 0 Å². The van der Waals surface area contributed by atoms with E-state index >= 15 is 0 Å². The summed E-state index contributed by atoms with van der Waals surface area (Å²) in [5.74, 6) is -2.85. The molecule has 88 valence electrons. The fourth-order valence-electron chi connectivity index (χ4n) is 1.19. The Morgan fingerprint density at radius 3 is 2.24 bits per heavy atom. The lowest BCUT2D eigenvalue weighted by molar-refractivity contribution is 0.548. The summed E-state index contributed by atoms with van der Waals surface area (Å²) in [5.41, 5.74) is -0.461. The molecule has 7 heteroatoms. The molecule has 3 nitrogen and oxygen atoms in total. The lowest BCUT2D eigenvalue weighted by Crippen LogP contribution is -2.00. The minimum absolute atomic E-state index is 0.191. The third-order valence-electron chi connectivity index (χ3n) is 1.89. The molecule has 0 unspecified atom stereocenters. The Hall–Kier alpha value is -1.63. The van der Waals surface area contributed by atoms with Gasteiger partial charge in [0.05, 0.1) is 0 Å². The molecule has 1 aromatic carbocycles. The highest BCUT2D eigenvalue weighted by atomic mass is 79.9. The molecule has 0 aliphatic carbocycles. The maximum absolute atomic E-state index is 13.3. The van der Waals surface area contributed by atoms with E-state index in [2.05, 4.69) is 31.2 Å². The Labute approximate surface area is 103 Å². The number of hydrogen-bond acceptors (Lipinski definition) is 3. The highest BCUT2D eigenvalue weighted by Crippen LogP contribution is 2.24. The molecule has 0 aliphatic rings. The van der Waals surface area contributed by atoms with Crippen molar-refractivity contribution in [3.05, 3.63) is 46.6 Å². The first-order valence-electron chi connectivity index (χ1n) is 4.45. The van der Waals surface area contributed by atoms with E-state index in [0.717, 1.165) is 0 Å². The summed E-state index contributed by atoms with van der Waals surface area (Å²) in [5, 5.41) is 2.41. The first-order chi connectivity index (χ1) is 8.06. The molecule has 2 aromatic rings. The molecule has 17 heavy (non-hydrogen) atoms. The van der Waals surface area contributed by atoms with Crippen LogP contribution in [0.25, 0.3) is 0 Å². The van der Waals surface area contributed by atoms with E-state index in [0.29, 0.717) is 16.7 Å². The number of aromatic nitrogens is 2. The second kappa shape index (κ2) is 4.70. The first kappa shape index (κ1) is 11.8. The van der Waals surface area contributed by atoms with Crippen molar-refractivity contribution in [3.63, 3.8) is 0 Å². The number of nitrogens with one attached hydrogen (secondary N) is 1. The van der Waals surface area contributed by atoms with Crippen LogP contribution < -0.4 is 5.32 Å². The lowest BCUT2D eigenvalue weighted by atomic mass is 10.2. The Bertz CT molecular complexity index is 539. The van der Waals surface area contributed by atoms with Crippen LogP contribution in [-0.2, 0) is 0 Å². The van der Waals surface area contributed by atoms with E-state index in [9.17, 15) is 13.2 Å². The maximum atomic E-state index is 13.3. The van der Waals surface area contributed by atoms with E-state index < -0.39 is 23.1 Å². The molecule has 0 fully saturated rings. The van der Waals surface area contributed by atoms with E-state index in [1.807, 2.05) is 0 Å². The molecule has 1 aromatic heterocycles. The van der Waals surface area contributed by atoms with Gasteiger partial charge < -0.3 is 5.32 Å². The summed E-state index contributed by atoms with van der Waals surface area (Å²) in [7, 11) is 0. The van der Waals surface area contributed by atoms with Gasteiger partial charge >= 0.3 is 0 Å². The minimum atomic E-state index is -1.03. The van der Waals surface area contributed by atoms with Crippen molar-refractivity contribution in [3.8, 4) is 0 Å². The van der Waals surface area contributed by atoms with E-state index in [4.69, 9.17) is 0 Å². The van der Waals surface area contributed by atoms with Crippen molar-refractivity contribution >= 4 is 27.4 Å². The largest absolute Gasteiger partial charge is 0.335 e. The van der Waals surface area contributed by atoms with Crippen LogP contribution in [0.3, 0.4) is 0 Å². The van der Waals surface area contributed by atoms with Gasteiger partial charge in [0.1, 0.15) is 28.3 Å². The molecular weight excluding hydrogens is 299 g/mol. The highest BCUT2D eigenvalue weighted by Gasteiger charge is 2.12. The molecule has 0 atom stereocenters. The predicted molar refractivity (Wildman–Crippen MR) is 59.3 cm³/mol. The van der Waals surface area contributed by atoms with Gasteiger partial charge in [-0.2, -0.15) is 0 Å². The lowest BCUT2D eigenvalue weighted by Gasteiger charge is -2.07. The number of nitrogens with zero attached hydrogens (tertiary/aromatic N) is 2. The molecule has 1 N–H and O–H groups in total. The Balaban J connectivity index is 2.36. The van der Waals surface area contributed by atoms with Crippen LogP contribution in [0.2, 0.25) is 0 Å². The fourth-order valence-corrected chi connectivity index (χ4v) is 1.50. The standard InChI is InChI=1S/C10H5BrF3N3/c11-8-3-9(16-4-15-8)17-10-6(13)1-5(12)2-7(10)14/h1-4H,(H,15,16,17). The second-order valence-electron chi connectivity index (χ2n) is 3.10. The third kappa shape index (κ3) is 2.73. The predicted octanol–water partition coefficient (Wildman–Crippen LogP) is 3.40. The number of halogens is 4. The van der Waals surface area contributed by atoms with Gasteiger partial charge in [0.2, 0.25) is 0 Å². The van der Waals surface area contributed by atoms with Gasteiger partial charge in [-0.15, -0.1) is 0 Å². The molecule has 0 bridgehead atoms. The summed E-state index contributed by atoms with van der Waals surface area (Å²) >= 11 is 3.09. The van der Waals surface area contributed by atoms with Crippen molar-refractivity contribution in [1.29, 1.82) is 0 Å². The average Bonchev–Trinajstić information content (AvgIpc) is 2.23. The van der Waals surface area contributed by atoms with E-state index in [-0.39, 0.29) is 5.82 Å². The van der Waals surface area contributed by atoms with Crippen molar-refractivity contribution in [2.45, 2.75) is 0 Å². The summed E-state index contributed by atoms with van der Waals surface area (Å²) < 4.78 is 39.7. The summed E-state index contributed by atoms with van der Waals surface area (Å²) in [4.78, 5) is 7.52. The molecule has 0 saturated carbocycles. The quantitative estimate of drug-likeness (QED) is 0.864. The van der Waals surface area contributed by atoms with Gasteiger partial charge in [0.25, 0.3) is 0 Å². The molecular formula is C10H5BrF3N3. The zero-order valence-electron chi connectivity index (χ0n) is 8.22. The fraction of sp³-hybridized carbons (Fsp3) is 0. The molecule has 0 aliphatic heterocycles. The zero-order valence-corrected chi connectivity index (χ0v) is 9.80. The topological polar surface area (TPSA) is 37.8 Å². The van der Waals surface area contributed by atoms with Gasteiger partial charge in [-0.3, -0.25) is 0 Å². The van der Waals surface area contributed by atoms with Gasteiger partial charge in [-0.05, 0) is 15.9 Å². The first-order valence-corrected chi connectivity index (χ1v) is 5.24. The van der Waals surface area contributed by atoms with Gasteiger partial charge in [0.15, 0.2) is 11.6 Å². The molecule has 0 spiro atoms. The van der Waals surface area contributed by atoms with Crippen molar-refractivity contribution in [1.82, 2.24) is 9.97 Å². The van der Waals surface area contributed by atoms with Crippen LogP contribution in [-0.4, -0.2) is 9.97 Å². The minimum Gasteiger partial charge on any atom is -0.335 e. The molecule has 0 saturated heterocycles. The van der Waals surface area contributed by atoms with Gasteiger partial charge in [-0.25, -0.2) is 23.1 Å². The molecule has 2 rings (SSSR count). The normalized spacial score (nSPS) is 10.4. The van der Waals surface area contributed by atoms with Crippen molar-refractivity contribution in [2.75, 3.05) is 5.32 Å². The average molecular weight is 304 g/mol. The molecule has 0 radical (unpaired) electrons. The summed E-state index contributed by atoms with van der Waals surface area (Å²) in [6.07, 6.45) is 1.21. The number of rotatable bonds is 2. The van der Waals surface area contributed by atoms with Crippen LogP contribution in [0.4, 0.5) is 24.7 Å². The monoisotopic (exact) mass is 303 g/mol. The Morgan fingerprint density at radius 1 is 1.00 bits per heavy atom. The van der Waals surface area contributed by atoms with Crippen molar-refractivity contribution < 1.29 is 13.2 Å². The third-order valence-corrected chi connectivity index (χ3v) is 2.33. The van der Waals surface area contributed by atoms with Crippen LogP contribution in [0.15, 0.2) is 29.1 Å². The Morgan fingerprint density at radius 2 is 1.65 bits per heavy atom. The van der Waals surface area contributed by atoms with E-state index in [1.54, 1.807) is 0 Å². The number of benzene rings is 1. The molecule has 1 heterocycles. The Kier molecular flexibility index (Phi) is 3.28. The SMILES string of the molecule is Fc1cc(F)c(Nc2cc(Br)ncn2)c(F)c1. The number of hydrogen-bond donors (Lipinski definition) is 1. The van der Waals surface area contributed by atoms with Crippen LogP contribution in [0.1, 0.15) is 0 Å². The zero-order chi connectivity index (χ0) is 12.4. The van der Waals surface area contributed by atoms with Crippen molar-refractivity contribution in [2.24, 2.45) is 0 Å². The summed E-state index contributed by atoms with van der Waals surface area (Å²) in [6.45, 7) is 0. The van der Waals surface area contributed by atoms with Crippen LogP contribution in [0, 0.1) is 17.5 Å². The van der Waals surface area contributed by atoms with E-state index in [1.165, 1.54) is 12.4 Å². The summed E-state index contributed by atoms with van der Waals surface area (Å²) in [6, 6.07) is 2.60. The van der Waals surface area contributed by atoms with Crippen LogP contribution in [0.5, 0.6) is 0 Å². The highest BCUT2D eigenvalue weighted by molar-refractivity contribution is 9.10. The second-order valence-corrected chi connectivity index (χ2v) is 3.91. The number of anilines is 2. The maximum Gasteiger partial charge on any atom is 0.152 e. The smallest absolute Gasteiger partial charge is 0.152 e. The van der Waals surface area contributed by atoms with Gasteiger partial charge in [0, 0.05) is 18.2 Å². The van der Waals surface area contributed by atoms with Crippen LogP contribution >= 0.6 is 15.9 Å².